The van der Waals surface area contributed by atoms with Crippen molar-refractivity contribution in [2.75, 3.05) is 0 Å². The molecule has 0 aliphatic rings. The van der Waals surface area contributed by atoms with Crippen molar-refractivity contribution in [2.24, 2.45) is 0 Å². The second-order valence-electron chi connectivity index (χ2n) is 3.47. The minimum atomic E-state index is 0.575. The maximum Gasteiger partial charge on any atom is 0.0966 e. The zero-order chi connectivity index (χ0) is 10.1. The first kappa shape index (κ1) is 10.1. The minimum Gasteiger partial charge on any atom is -0.241 e. The van der Waals surface area contributed by atoms with E-state index in [4.69, 9.17) is 0 Å². The predicted molar refractivity (Wildman–Crippen MR) is 66.0 cm³/mol. The highest BCUT2D eigenvalue weighted by Gasteiger charge is 2.09. The molecule has 74 valence electrons. The van der Waals surface area contributed by atoms with E-state index in [-0.39, 0.29) is 0 Å². The highest BCUT2D eigenvalue weighted by Crippen LogP contribution is 2.30. The van der Waals surface area contributed by atoms with Crippen molar-refractivity contribution in [3.8, 4) is 0 Å². The molecule has 0 spiro atoms. The zero-order valence-corrected chi connectivity index (χ0v) is 10.7. The van der Waals surface area contributed by atoms with Crippen LogP contribution in [0.4, 0.5) is 0 Å². The van der Waals surface area contributed by atoms with Crippen molar-refractivity contribution in [3.63, 3.8) is 0 Å². The molecule has 2 rings (SSSR count). The van der Waals surface area contributed by atoms with Gasteiger partial charge in [0.25, 0.3) is 0 Å². The van der Waals surface area contributed by atoms with Crippen LogP contribution in [0.1, 0.15) is 31.2 Å². The highest BCUT2D eigenvalue weighted by atomic mass is 79.9. The summed E-state index contributed by atoms with van der Waals surface area (Å²) >= 11 is 5.28. The molecule has 1 atom stereocenters. The second-order valence-corrected chi connectivity index (χ2v) is 5.45. The Morgan fingerprint density at radius 2 is 2.29 bits per heavy atom. The SMILES string of the molecule is CCC(C)c1nc2ccc(Br)cc2s1. The first-order valence-corrected chi connectivity index (χ1v) is 6.37. The summed E-state index contributed by atoms with van der Waals surface area (Å²) in [6.07, 6.45) is 1.15. The van der Waals surface area contributed by atoms with Crippen LogP contribution in [0.25, 0.3) is 10.2 Å². The molecule has 0 amide bonds. The summed E-state index contributed by atoms with van der Waals surface area (Å²) in [7, 11) is 0. The van der Waals surface area contributed by atoms with Crippen molar-refractivity contribution in [1.29, 1.82) is 0 Å². The van der Waals surface area contributed by atoms with E-state index in [9.17, 15) is 0 Å². The summed E-state index contributed by atoms with van der Waals surface area (Å²) in [6, 6.07) is 6.25. The first-order chi connectivity index (χ1) is 6.70. The molecule has 0 aliphatic carbocycles. The monoisotopic (exact) mass is 269 g/mol. The Hall–Kier alpha value is -0.410. The van der Waals surface area contributed by atoms with E-state index in [2.05, 4.69) is 46.9 Å². The molecule has 14 heavy (non-hydrogen) atoms. The Balaban J connectivity index is 2.51. The van der Waals surface area contributed by atoms with Crippen LogP contribution in [-0.2, 0) is 0 Å². The molecule has 0 radical (unpaired) electrons. The van der Waals surface area contributed by atoms with Gasteiger partial charge in [0.15, 0.2) is 0 Å². The second kappa shape index (κ2) is 3.99. The fourth-order valence-electron chi connectivity index (χ4n) is 1.30. The average molecular weight is 270 g/mol. The lowest BCUT2D eigenvalue weighted by molar-refractivity contribution is 0.729. The lowest BCUT2D eigenvalue weighted by atomic mass is 10.1. The lowest BCUT2D eigenvalue weighted by Gasteiger charge is -2.00. The topological polar surface area (TPSA) is 12.9 Å². The Bertz CT molecular complexity index is 449. The number of hydrogen-bond acceptors (Lipinski definition) is 2. The standard InChI is InChI=1S/C11H12BrNS/c1-3-7(2)11-13-9-5-4-8(12)6-10(9)14-11/h4-7H,3H2,1-2H3. The smallest absolute Gasteiger partial charge is 0.0966 e. The third-order valence-electron chi connectivity index (χ3n) is 2.40. The Morgan fingerprint density at radius 1 is 1.50 bits per heavy atom. The predicted octanol–water partition coefficient (Wildman–Crippen LogP) is 4.57. The van der Waals surface area contributed by atoms with Gasteiger partial charge in [-0.2, -0.15) is 0 Å². The molecule has 0 N–H and O–H groups in total. The van der Waals surface area contributed by atoms with Gasteiger partial charge < -0.3 is 0 Å². The number of nitrogens with zero attached hydrogens (tertiary/aromatic N) is 1. The van der Waals surface area contributed by atoms with Gasteiger partial charge >= 0.3 is 0 Å². The van der Waals surface area contributed by atoms with Gasteiger partial charge in [0.05, 0.1) is 15.2 Å². The highest BCUT2D eigenvalue weighted by molar-refractivity contribution is 9.10. The molecule has 2 aromatic rings. The van der Waals surface area contributed by atoms with E-state index < -0.39 is 0 Å². The van der Waals surface area contributed by atoms with Crippen molar-refractivity contribution in [1.82, 2.24) is 4.98 Å². The van der Waals surface area contributed by atoms with Gasteiger partial charge in [-0.25, -0.2) is 4.98 Å². The molecule has 1 aromatic heterocycles. The molecule has 3 heteroatoms. The zero-order valence-electron chi connectivity index (χ0n) is 8.25. The molecule has 1 heterocycles. The number of rotatable bonds is 2. The first-order valence-electron chi connectivity index (χ1n) is 4.76. The number of hydrogen-bond donors (Lipinski definition) is 0. The maximum absolute atomic E-state index is 4.62. The molecule has 1 aromatic carbocycles. The molecule has 0 fully saturated rings. The van der Waals surface area contributed by atoms with Crippen molar-refractivity contribution in [3.05, 3.63) is 27.7 Å². The Labute approximate surface area is 96.3 Å². The quantitative estimate of drug-likeness (QED) is 0.778. The fourth-order valence-corrected chi connectivity index (χ4v) is 2.96. The van der Waals surface area contributed by atoms with E-state index in [1.807, 2.05) is 6.07 Å². The number of aromatic nitrogens is 1. The molecular weight excluding hydrogens is 258 g/mol. The molecule has 0 saturated heterocycles. The third kappa shape index (κ3) is 1.84. The van der Waals surface area contributed by atoms with Crippen LogP contribution in [0.15, 0.2) is 22.7 Å². The molecule has 0 bridgehead atoms. The maximum atomic E-state index is 4.62. The van der Waals surface area contributed by atoms with E-state index in [1.165, 1.54) is 9.71 Å². The summed E-state index contributed by atoms with van der Waals surface area (Å²) in [4.78, 5) is 4.62. The van der Waals surface area contributed by atoms with Gasteiger partial charge in [-0.3, -0.25) is 0 Å². The van der Waals surface area contributed by atoms with Crippen molar-refractivity contribution in [2.45, 2.75) is 26.2 Å². The van der Waals surface area contributed by atoms with Crippen LogP contribution in [0, 0.1) is 0 Å². The average Bonchev–Trinajstić information content (AvgIpc) is 2.59. The van der Waals surface area contributed by atoms with Crippen LogP contribution in [0.3, 0.4) is 0 Å². The number of benzene rings is 1. The Kier molecular flexibility index (Phi) is 2.88. The summed E-state index contributed by atoms with van der Waals surface area (Å²) in [6.45, 7) is 4.43. The molecule has 1 unspecified atom stereocenters. The van der Waals surface area contributed by atoms with Gasteiger partial charge in [0, 0.05) is 10.4 Å². The number of thiazole rings is 1. The van der Waals surface area contributed by atoms with Gasteiger partial charge in [-0.1, -0.05) is 29.8 Å². The van der Waals surface area contributed by atoms with Crippen molar-refractivity contribution < 1.29 is 0 Å². The minimum absolute atomic E-state index is 0.575. The van der Waals surface area contributed by atoms with Crippen LogP contribution in [-0.4, -0.2) is 4.98 Å². The fraction of sp³-hybridized carbons (Fsp3) is 0.364. The summed E-state index contributed by atoms with van der Waals surface area (Å²) < 4.78 is 2.40. The van der Waals surface area contributed by atoms with Crippen LogP contribution in [0.5, 0.6) is 0 Å². The number of fused-ring (bicyclic) bond motifs is 1. The van der Waals surface area contributed by atoms with Gasteiger partial charge in [0.1, 0.15) is 0 Å². The van der Waals surface area contributed by atoms with Crippen LogP contribution in [0.2, 0.25) is 0 Å². The van der Waals surface area contributed by atoms with Gasteiger partial charge in [-0.15, -0.1) is 11.3 Å². The molecule has 1 nitrogen and oxygen atoms in total. The molecule has 0 saturated carbocycles. The third-order valence-corrected chi connectivity index (χ3v) is 4.14. The largest absolute Gasteiger partial charge is 0.241 e. The van der Waals surface area contributed by atoms with Gasteiger partial charge in [0.2, 0.25) is 0 Å². The van der Waals surface area contributed by atoms with E-state index >= 15 is 0 Å². The van der Waals surface area contributed by atoms with E-state index in [0.29, 0.717) is 5.92 Å². The van der Waals surface area contributed by atoms with E-state index in [0.717, 1.165) is 16.4 Å². The summed E-state index contributed by atoms with van der Waals surface area (Å²) in [5, 5.41) is 1.25. The molecular formula is C11H12BrNS. The normalized spacial score (nSPS) is 13.4. The van der Waals surface area contributed by atoms with E-state index in [1.54, 1.807) is 11.3 Å². The summed E-state index contributed by atoms with van der Waals surface area (Å²) in [5.41, 5.74) is 1.12. The van der Waals surface area contributed by atoms with Crippen LogP contribution >= 0.6 is 27.3 Å². The Morgan fingerprint density at radius 3 is 3.00 bits per heavy atom. The molecule has 0 aliphatic heterocycles. The summed E-state index contributed by atoms with van der Waals surface area (Å²) in [5.74, 6) is 0.575. The number of halogens is 1. The van der Waals surface area contributed by atoms with Crippen molar-refractivity contribution >= 4 is 37.5 Å². The van der Waals surface area contributed by atoms with Crippen LogP contribution < -0.4 is 0 Å². The lowest BCUT2D eigenvalue weighted by Crippen LogP contribution is -1.88. The van der Waals surface area contributed by atoms with Gasteiger partial charge in [-0.05, 0) is 24.6 Å².